The van der Waals surface area contributed by atoms with E-state index in [0.717, 1.165) is 5.56 Å². The summed E-state index contributed by atoms with van der Waals surface area (Å²) in [5.74, 6) is 0.800. The first kappa shape index (κ1) is 20.2. The molecule has 4 rings (SSSR count). The van der Waals surface area contributed by atoms with E-state index in [9.17, 15) is 9.90 Å². The van der Waals surface area contributed by atoms with Crippen molar-refractivity contribution in [3.63, 3.8) is 0 Å². The lowest BCUT2D eigenvalue weighted by Crippen LogP contribution is -2.27. The number of nitrogens with one attached hydrogen (secondary N) is 1. The molecule has 2 N–H and O–H groups in total. The summed E-state index contributed by atoms with van der Waals surface area (Å²) in [4.78, 5) is 20.7. The Bertz CT molecular complexity index is 1250. The Labute approximate surface area is 178 Å². The highest BCUT2D eigenvalue weighted by Crippen LogP contribution is 2.33. The minimum absolute atomic E-state index is 0.0389. The first-order chi connectivity index (χ1) is 15.0. The Kier molecular flexibility index (Phi) is 5.44. The predicted molar refractivity (Wildman–Crippen MR) is 114 cm³/mol. The van der Waals surface area contributed by atoms with Crippen molar-refractivity contribution in [2.45, 2.75) is 13.5 Å². The van der Waals surface area contributed by atoms with Crippen LogP contribution in [0.4, 0.5) is 0 Å². The quantitative estimate of drug-likeness (QED) is 0.469. The molecule has 0 aliphatic rings. The van der Waals surface area contributed by atoms with Gasteiger partial charge in [0.25, 0.3) is 5.88 Å². The second-order valence-electron chi connectivity index (χ2n) is 6.74. The van der Waals surface area contributed by atoms with Gasteiger partial charge in [0.15, 0.2) is 5.75 Å². The SMILES string of the molecule is CCNC(=O)Cn1cc(-n2cc3nc(-c4cnc(OC)c(OC)c4)ccc3c2O)cn1. The molecule has 0 bridgehead atoms. The normalized spacial score (nSPS) is 10.9. The zero-order valence-electron chi connectivity index (χ0n) is 17.4. The van der Waals surface area contributed by atoms with Crippen molar-refractivity contribution in [1.29, 1.82) is 0 Å². The highest BCUT2D eigenvalue weighted by molar-refractivity contribution is 5.87. The minimum Gasteiger partial charge on any atom is -0.494 e. The number of hydrogen-bond donors (Lipinski definition) is 2. The molecule has 0 aliphatic carbocycles. The predicted octanol–water partition coefficient (Wildman–Crippen LogP) is 2.14. The van der Waals surface area contributed by atoms with Crippen LogP contribution in [0.2, 0.25) is 0 Å². The van der Waals surface area contributed by atoms with Crippen molar-refractivity contribution in [2.24, 2.45) is 0 Å². The summed E-state index contributed by atoms with van der Waals surface area (Å²) in [5, 5.41) is 18.2. The summed E-state index contributed by atoms with van der Waals surface area (Å²) in [7, 11) is 3.07. The molecular formula is C21H22N6O4. The number of aromatic hydroxyl groups is 1. The number of amides is 1. The maximum atomic E-state index is 11.8. The van der Waals surface area contributed by atoms with Crippen LogP contribution in [0, 0.1) is 0 Å². The van der Waals surface area contributed by atoms with E-state index in [1.807, 2.05) is 6.92 Å². The number of ether oxygens (including phenoxy) is 2. The fraction of sp³-hybridized carbons (Fsp3) is 0.238. The lowest BCUT2D eigenvalue weighted by Gasteiger charge is -2.08. The van der Waals surface area contributed by atoms with Crippen molar-refractivity contribution in [1.82, 2.24) is 29.6 Å². The molecule has 0 unspecified atom stereocenters. The van der Waals surface area contributed by atoms with E-state index in [0.29, 0.717) is 40.5 Å². The first-order valence-electron chi connectivity index (χ1n) is 9.63. The average molecular weight is 422 g/mol. The van der Waals surface area contributed by atoms with Gasteiger partial charge in [-0.3, -0.25) is 14.0 Å². The van der Waals surface area contributed by atoms with Crippen LogP contribution in [-0.2, 0) is 11.3 Å². The molecule has 0 radical (unpaired) electrons. The molecule has 4 aromatic rings. The Morgan fingerprint density at radius 3 is 2.77 bits per heavy atom. The third kappa shape index (κ3) is 3.87. The van der Waals surface area contributed by atoms with Crippen LogP contribution in [0.3, 0.4) is 0 Å². The Hall–Kier alpha value is -4.08. The van der Waals surface area contributed by atoms with Crippen LogP contribution in [0.1, 0.15) is 6.92 Å². The van der Waals surface area contributed by atoms with E-state index in [2.05, 4.69) is 20.4 Å². The molecule has 160 valence electrons. The number of likely N-dealkylation sites (N-methyl/N-ethyl adjacent to an activating group) is 1. The van der Waals surface area contributed by atoms with E-state index in [1.165, 1.54) is 11.8 Å². The van der Waals surface area contributed by atoms with Crippen LogP contribution < -0.4 is 14.8 Å². The second kappa shape index (κ2) is 8.34. The van der Waals surface area contributed by atoms with Gasteiger partial charge in [-0.15, -0.1) is 0 Å². The van der Waals surface area contributed by atoms with E-state index >= 15 is 0 Å². The number of rotatable bonds is 7. The highest BCUT2D eigenvalue weighted by Gasteiger charge is 2.15. The van der Waals surface area contributed by atoms with E-state index in [1.54, 1.807) is 54.7 Å². The molecular weight excluding hydrogens is 400 g/mol. The van der Waals surface area contributed by atoms with Crippen LogP contribution >= 0.6 is 0 Å². The summed E-state index contributed by atoms with van der Waals surface area (Å²) in [6, 6.07) is 5.38. The zero-order valence-corrected chi connectivity index (χ0v) is 17.4. The van der Waals surface area contributed by atoms with Gasteiger partial charge in [-0.2, -0.15) is 5.10 Å². The van der Waals surface area contributed by atoms with Crippen LogP contribution in [0.25, 0.3) is 27.8 Å². The van der Waals surface area contributed by atoms with Gasteiger partial charge in [-0.05, 0) is 25.1 Å². The molecule has 1 amide bonds. The van der Waals surface area contributed by atoms with E-state index < -0.39 is 0 Å². The molecule has 4 heterocycles. The Morgan fingerprint density at radius 2 is 2.03 bits per heavy atom. The summed E-state index contributed by atoms with van der Waals surface area (Å²) in [6.07, 6.45) is 6.64. The van der Waals surface area contributed by atoms with Gasteiger partial charge < -0.3 is 19.9 Å². The van der Waals surface area contributed by atoms with Crippen molar-refractivity contribution in [3.05, 3.63) is 43.0 Å². The van der Waals surface area contributed by atoms with Gasteiger partial charge in [0.2, 0.25) is 11.8 Å². The van der Waals surface area contributed by atoms with Gasteiger partial charge in [0, 0.05) is 30.7 Å². The third-order valence-corrected chi connectivity index (χ3v) is 4.75. The maximum absolute atomic E-state index is 11.8. The molecule has 0 fully saturated rings. The van der Waals surface area contributed by atoms with E-state index in [4.69, 9.17) is 9.47 Å². The van der Waals surface area contributed by atoms with Gasteiger partial charge in [-0.25, -0.2) is 9.97 Å². The number of carbonyl (C=O) groups is 1. The summed E-state index contributed by atoms with van der Waals surface area (Å²) in [5.41, 5.74) is 2.64. The summed E-state index contributed by atoms with van der Waals surface area (Å²) < 4.78 is 13.6. The molecule has 4 aromatic heterocycles. The Balaban J connectivity index is 1.67. The number of hydrogen-bond acceptors (Lipinski definition) is 7. The number of nitrogens with zero attached hydrogens (tertiary/aromatic N) is 5. The fourth-order valence-electron chi connectivity index (χ4n) is 3.27. The topological polar surface area (TPSA) is 116 Å². The number of carbonyl (C=O) groups excluding carboxylic acids is 1. The maximum Gasteiger partial charge on any atom is 0.256 e. The molecule has 0 aliphatic heterocycles. The van der Waals surface area contributed by atoms with Crippen molar-refractivity contribution in [2.75, 3.05) is 20.8 Å². The molecule has 0 spiro atoms. The molecule has 31 heavy (non-hydrogen) atoms. The van der Waals surface area contributed by atoms with Gasteiger partial charge in [0.1, 0.15) is 6.54 Å². The van der Waals surface area contributed by atoms with Crippen molar-refractivity contribution >= 4 is 16.8 Å². The summed E-state index contributed by atoms with van der Waals surface area (Å²) >= 11 is 0. The standard InChI is InChI=1S/C21H22N6O4/c1-4-22-19(28)12-26-10-14(9-24-26)27-11-17-15(21(27)29)5-6-16(25-17)13-7-18(30-2)20(31-3)23-8-13/h5-11,29H,4,12H2,1-3H3,(H,22,28). The molecule has 0 saturated carbocycles. The number of aromatic nitrogens is 5. The molecule has 0 aromatic carbocycles. The third-order valence-electron chi connectivity index (χ3n) is 4.75. The number of fused-ring (bicyclic) bond motifs is 1. The molecule has 10 heteroatoms. The number of pyridine rings is 2. The molecule has 0 atom stereocenters. The zero-order chi connectivity index (χ0) is 22.0. The monoisotopic (exact) mass is 422 g/mol. The average Bonchev–Trinajstić information content (AvgIpc) is 3.37. The Morgan fingerprint density at radius 1 is 1.19 bits per heavy atom. The molecule has 10 nitrogen and oxygen atoms in total. The van der Waals surface area contributed by atoms with Crippen LogP contribution in [0.5, 0.6) is 17.5 Å². The second-order valence-corrected chi connectivity index (χ2v) is 6.74. The van der Waals surface area contributed by atoms with Gasteiger partial charge >= 0.3 is 0 Å². The van der Waals surface area contributed by atoms with Crippen molar-refractivity contribution < 1.29 is 19.4 Å². The van der Waals surface area contributed by atoms with Gasteiger partial charge in [0.05, 0.1) is 42.7 Å². The number of methoxy groups -OCH3 is 2. The smallest absolute Gasteiger partial charge is 0.256 e. The minimum atomic E-state index is -0.131. The van der Waals surface area contributed by atoms with Crippen LogP contribution in [0.15, 0.2) is 43.0 Å². The van der Waals surface area contributed by atoms with Crippen LogP contribution in [-0.4, -0.2) is 56.1 Å². The lowest BCUT2D eigenvalue weighted by molar-refractivity contribution is -0.121. The fourth-order valence-corrected chi connectivity index (χ4v) is 3.27. The van der Waals surface area contributed by atoms with Crippen molar-refractivity contribution in [3.8, 4) is 34.5 Å². The lowest BCUT2D eigenvalue weighted by atomic mass is 10.1. The van der Waals surface area contributed by atoms with E-state index in [-0.39, 0.29) is 18.3 Å². The van der Waals surface area contributed by atoms with Gasteiger partial charge in [-0.1, -0.05) is 0 Å². The molecule has 0 saturated heterocycles. The largest absolute Gasteiger partial charge is 0.494 e. The highest BCUT2D eigenvalue weighted by atomic mass is 16.5. The summed E-state index contributed by atoms with van der Waals surface area (Å²) in [6.45, 7) is 2.51. The first-order valence-corrected chi connectivity index (χ1v) is 9.63.